The number of benzene rings is 1. The number of rotatable bonds is 9. The van der Waals surface area contributed by atoms with E-state index >= 15 is 0 Å². The van der Waals surface area contributed by atoms with Crippen LogP contribution < -0.4 is 20.3 Å². The van der Waals surface area contributed by atoms with Crippen molar-refractivity contribution in [1.29, 1.82) is 0 Å². The van der Waals surface area contributed by atoms with Gasteiger partial charge < -0.3 is 19.8 Å². The van der Waals surface area contributed by atoms with E-state index in [0.29, 0.717) is 44.1 Å². The highest BCUT2D eigenvalue weighted by molar-refractivity contribution is 7.99. The zero-order valence-corrected chi connectivity index (χ0v) is 18.4. The van der Waals surface area contributed by atoms with Crippen LogP contribution in [-0.2, 0) is 10.5 Å². The molecule has 0 fully saturated rings. The molecule has 10 heteroatoms. The molecule has 2 N–H and O–H groups in total. The molecule has 0 atom stereocenters. The Labute approximate surface area is 176 Å². The van der Waals surface area contributed by atoms with E-state index in [1.54, 1.807) is 23.9 Å². The highest BCUT2D eigenvalue weighted by atomic mass is 35.5. The van der Waals surface area contributed by atoms with Gasteiger partial charge in [0, 0.05) is 24.0 Å². The van der Waals surface area contributed by atoms with Crippen molar-refractivity contribution in [2.45, 2.75) is 30.0 Å². The van der Waals surface area contributed by atoms with E-state index in [4.69, 9.17) is 21.1 Å². The molecule has 0 aliphatic heterocycles. The summed E-state index contributed by atoms with van der Waals surface area (Å²) in [6.07, 6.45) is 0. The number of ether oxygens (including phenoxy) is 2. The third kappa shape index (κ3) is 6.65. The van der Waals surface area contributed by atoms with E-state index in [2.05, 4.69) is 29.1 Å². The molecule has 0 bridgehead atoms. The standard InChI is InChI=1S/C18H22ClN3O4S2/c1-10(2)27-8-11-5-16(23)22-18(20-11)28-9-17(24)21-13-7-14(25-3)12(19)6-15(13)26-4/h5-7,10H,8-9H2,1-4H3,(H,21,24)(H,20,22,23). The molecule has 1 amide bonds. The number of carbonyl (C=O) groups excluding carboxylic acids is 1. The predicted octanol–water partition coefficient (Wildman–Crippen LogP) is 3.81. The maximum absolute atomic E-state index is 12.3. The normalized spacial score (nSPS) is 10.8. The van der Waals surface area contributed by atoms with Crippen LogP contribution in [0.4, 0.5) is 5.69 Å². The number of carbonyl (C=O) groups is 1. The van der Waals surface area contributed by atoms with Crippen LogP contribution in [0, 0.1) is 0 Å². The minimum Gasteiger partial charge on any atom is -0.495 e. The first-order valence-electron chi connectivity index (χ1n) is 8.38. The van der Waals surface area contributed by atoms with Gasteiger partial charge in [0.25, 0.3) is 5.56 Å². The molecule has 7 nitrogen and oxygen atoms in total. The number of nitrogens with one attached hydrogen (secondary N) is 2. The number of halogens is 1. The van der Waals surface area contributed by atoms with Gasteiger partial charge in [-0.3, -0.25) is 9.59 Å². The number of methoxy groups -OCH3 is 2. The number of amides is 1. The van der Waals surface area contributed by atoms with Crippen molar-refractivity contribution in [3.8, 4) is 11.5 Å². The molecule has 2 aromatic rings. The molecule has 0 unspecified atom stereocenters. The van der Waals surface area contributed by atoms with E-state index in [1.807, 2.05) is 0 Å². The first-order chi connectivity index (χ1) is 13.3. The van der Waals surface area contributed by atoms with Gasteiger partial charge in [-0.1, -0.05) is 37.2 Å². The second-order valence-electron chi connectivity index (χ2n) is 5.93. The zero-order chi connectivity index (χ0) is 20.7. The number of H-pyrrole nitrogens is 1. The van der Waals surface area contributed by atoms with Crippen molar-refractivity contribution in [3.63, 3.8) is 0 Å². The molecule has 28 heavy (non-hydrogen) atoms. The van der Waals surface area contributed by atoms with Gasteiger partial charge in [-0.2, -0.15) is 11.8 Å². The fourth-order valence-electron chi connectivity index (χ4n) is 2.16. The Bertz CT molecular complexity index is 890. The summed E-state index contributed by atoms with van der Waals surface area (Å²) >= 11 is 8.91. The van der Waals surface area contributed by atoms with Gasteiger partial charge in [-0.05, 0) is 5.25 Å². The lowest BCUT2D eigenvalue weighted by molar-refractivity contribution is -0.113. The number of hydrogen-bond acceptors (Lipinski definition) is 7. The number of anilines is 1. The number of aromatic amines is 1. The van der Waals surface area contributed by atoms with Crippen molar-refractivity contribution >= 4 is 46.7 Å². The van der Waals surface area contributed by atoms with Crippen molar-refractivity contribution < 1.29 is 14.3 Å². The fraction of sp³-hybridized carbons (Fsp3) is 0.389. The van der Waals surface area contributed by atoms with E-state index in [9.17, 15) is 9.59 Å². The minimum atomic E-state index is -0.280. The SMILES string of the molecule is COc1cc(NC(=O)CSc2nc(CSC(C)C)cc(=O)[nH]2)c(OC)cc1Cl. The Kier molecular flexibility index (Phi) is 8.53. The smallest absolute Gasteiger partial charge is 0.251 e. The molecule has 0 aliphatic carbocycles. The highest BCUT2D eigenvalue weighted by Crippen LogP contribution is 2.36. The maximum atomic E-state index is 12.3. The molecular formula is C18H22ClN3O4S2. The molecule has 0 saturated heterocycles. The topological polar surface area (TPSA) is 93.3 Å². The Morgan fingerprint density at radius 1 is 1.25 bits per heavy atom. The van der Waals surface area contributed by atoms with Crippen LogP contribution in [0.25, 0.3) is 0 Å². The molecule has 1 heterocycles. The average Bonchev–Trinajstić information content (AvgIpc) is 2.65. The Hall–Kier alpha value is -1.84. The van der Waals surface area contributed by atoms with Crippen LogP contribution in [0.15, 0.2) is 28.2 Å². The summed E-state index contributed by atoms with van der Waals surface area (Å²) in [5, 5.41) is 3.98. The second kappa shape index (κ2) is 10.6. The summed E-state index contributed by atoms with van der Waals surface area (Å²) in [6.45, 7) is 4.16. The summed E-state index contributed by atoms with van der Waals surface area (Å²) in [4.78, 5) is 31.2. The highest BCUT2D eigenvalue weighted by Gasteiger charge is 2.13. The first-order valence-corrected chi connectivity index (χ1v) is 10.8. The van der Waals surface area contributed by atoms with Crippen molar-refractivity contribution in [3.05, 3.63) is 39.3 Å². The van der Waals surface area contributed by atoms with Crippen LogP contribution in [0.1, 0.15) is 19.5 Å². The number of hydrogen-bond donors (Lipinski definition) is 2. The number of nitrogens with zero attached hydrogens (tertiary/aromatic N) is 1. The van der Waals surface area contributed by atoms with E-state index in [0.717, 1.165) is 11.8 Å². The third-order valence-corrected chi connectivity index (χ3v) is 5.72. The van der Waals surface area contributed by atoms with Crippen molar-refractivity contribution in [2.75, 3.05) is 25.3 Å². The van der Waals surface area contributed by atoms with E-state index < -0.39 is 0 Å². The quantitative estimate of drug-likeness (QED) is 0.449. The summed E-state index contributed by atoms with van der Waals surface area (Å²) in [7, 11) is 2.97. The predicted molar refractivity (Wildman–Crippen MR) is 115 cm³/mol. The van der Waals surface area contributed by atoms with E-state index in [1.165, 1.54) is 20.3 Å². The van der Waals surface area contributed by atoms with Crippen LogP contribution in [0.3, 0.4) is 0 Å². The lowest BCUT2D eigenvalue weighted by atomic mass is 10.2. The van der Waals surface area contributed by atoms with Gasteiger partial charge in [-0.25, -0.2) is 4.98 Å². The zero-order valence-electron chi connectivity index (χ0n) is 16.0. The number of aromatic nitrogens is 2. The average molecular weight is 444 g/mol. The van der Waals surface area contributed by atoms with Crippen LogP contribution in [0.2, 0.25) is 5.02 Å². The van der Waals surface area contributed by atoms with Crippen LogP contribution in [-0.4, -0.2) is 41.1 Å². The second-order valence-corrected chi connectivity index (χ2v) is 8.86. The third-order valence-electron chi connectivity index (χ3n) is 3.43. The van der Waals surface area contributed by atoms with Crippen molar-refractivity contribution in [1.82, 2.24) is 9.97 Å². The summed E-state index contributed by atoms with van der Waals surface area (Å²) in [5.74, 6) is 1.27. The van der Waals surface area contributed by atoms with Gasteiger partial charge in [0.2, 0.25) is 5.91 Å². The number of thioether (sulfide) groups is 2. The Morgan fingerprint density at radius 2 is 1.96 bits per heavy atom. The van der Waals surface area contributed by atoms with Gasteiger partial charge in [0.05, 0.1) is 36.4 Å². The van der Waals surface area contributed by atoms with Gasteiger partial charge in [0.1, 0.15) is 11.5 Å². The molecule has 1 aromatic carbocycles. The van der Waals surface area contributed by atoms with Crippen LogP contribution in [0.5, 0.6) is 11.5 Å². The lowest BCUT2D eigenvalue weighted by Crippen LogP contribution is -2.16. The summed E-state index contributed by atoms with van der Waals surface area (Å²) in [5.41, 5.74) is 0.897. The fourth-order valence-corrected chi connectivity index (χ4v) is 3.73. The van der Waals surface area contributed by atoms with Crippen molar-refractivity contribution in [2.24, 2.45) is 0 Å². The molecule has 0 saturated carbocycles. The summed E-state index contributed by atoms with van der Waals surface area (Å²) < 4.78 is 10.4. The monoisotopic (exact) mass is 443 g/mol. The van der Waals surface area contributed by atoms with Crippen LogP contribution >= 0.6 is 35.1 Å². The lowest BCUT2D eigenvalue weighted by Gasteiger charge is -2.13. The Balaban J connectivity index is 2.04. The van der Waals surface area contributed by atoms with Gasteiger partial charge >= 0.3 is 0 Å². The molecule has 2 rings (SSSR count). The minimum absolute atomic E-state index is 0.0673. The van der Waals surface area contributed by atoms with Gasteiger partial charge in [-0.15, -0.1) is 0 Å². The van der Waals surface area contributed by atoms with Gasteiger partial charge in [0.15, 0.2) is 5.16 Å². The largest absolute Gasteiger partial charge is 0.495 e. The maximum Gasteiger partial charge on any atom is 0.251 e. The molecule has 0 radical (unpaired) electrons. The molecule has 0 aliphatic rings. The first kappa shape index (κ1) is 22.4. The molecule has 0 spiro atoms. The molecule has 1 aromatic heterocycles. The van der Waals surface area contributed by atoms with E-state index in [-0.39, 0.29) is 17.2 Å². The molecular weight excluding hydrogens is 422 g/mol. The molecule has 152 valence electrons. The Morgan fingerprint density at radius 3 is 2.61 bits per heavy atom. The summed E-state index contributed by atoms with van der Waals surface area (Å²) in [6, 6.07) is 4.63.